The number of hydrogen-bond acceptors (Lipinski definition) is 2. The molecular weight excluding hydrogens is 689 g/mol. The summed E-state index contributed by atoms with van der Waals surface area (Å²) in [7, 11) is 0. The molecule has 0 fully saturated rings. The number of thiophene rings is 2. The zero-order valence-electron chi connectivity index (χ0n) is 29.1. The molecular formula is C52H30S2. The summed E-state index contributed by atoms with van der Waals surface area (Å²) >= 11 is 3.83. The van der Waals surface area contributed by atoms with Crippen molar-refractivity contribution >= 4 is 106 Å². The van der Waals surface area contributed by atoms with Gasteiger partial charge in [0, 0.05) is 40.3 Å². The van der Waals surface area contributed by atoms with Gasteiger partial charge in [0.05, 0.1) is 0 Å². The van der Waals surface area contributed by atoms with E-state index in [-0.39, 0.29) is 0 Å². The Morgan fingerprint density at radius 2 is 0.796 bits per heavy atom. The molecule has 0 saturated heterocycles. The quantitative estimate of drug-likeness (QED) is 0.160. The molecule has 250 valence electrons. The molecule has 2 aromatic heterocycles. The predicted molar refractivity (Wildman–Crippen MR) is 239 cm³/mol. The first-order chi connectivity index (χ1) is 26.8. The van der Waals surface area contributed by atoms with E-state index in [1.807, 2.05) is 22.7 Å². The minimum Gasteiger partial charge on any atom is -0.135 e. The summed E-state index contributed by atoms with van der Waals surface area (Å²) in [5, 5.41) is 15.7. The lowest BCUT2D eigenvalue weighted by molar-refractivity contribution is 1.64. The summed E-state index contributed by atoms with van der Waals surface area (Å²) in [5.74, 6) is 0. The smallest absolute Gasteiger partial charge is 0.0433 e. The summed E-state index contributed by atoms with van der Waals surface area (Å²) < 4.78 is 5.41. The molecule has 0 spiro atoms. The molecule has 10 aromatic carbocycles. The van der Waals surface area contributed by atoms with Gasteiger partial charge in [-0.1, -0.05) is 158 Å². The normalized spacial score (nSPS) is 12.1. The van der Waals surface area contributed by atoms with Crippen LogP contribution in [0.2, 0.25) is 0 Å². The third kappa shape index (κ3) is 4.36. The molecule has 2 heterocycles. The molecule has 2 heteroatoms. The SMILES string of the molecule is c1ccc(-c2ccc(-c3c4ccccc4c(-c4ccc5sc6cc7c(cc6c5c4)sc4c5ccccc5ccc74)c4ccccc34)c3ccccc23)cc1. The predicted octanol–water partition coefficient (Wildman–Crippen LogP) is 16.0. The van der Waals surface area contributed by atoms with Gasteiger partial charge in [0.2, 0.25) is 0 Å². The first-order valence-corrected chi connectivity index (χ1v) is 20.1. The van der Waals surface area contributed by atoms with Crippen molar-refractivity contribution in [2.45, 2.75) is 0 Å². The van der Waals surface area contributed by atoms with Gasteiger partial charge in [0.15, 0.2) is 0 Å². The molecule has 0 unspecified atom stereocenters. The lowest BCUT2D eigenvalue weighted by atomic mass is 9.83. The van der Waals surface area contributed by atoms with Crippen LogP contribution in [-0.2, 0) is 0 Å². The Morgan fingerprint density at radius 1 is 0.259 bits per heavy atom. The van der Waals surface area contributed by atoms with Crippen LogP contribution in [0.1, 0.15) is 0 Å². The van der Waals surface area contributed by atoms with Gasteiger partial charge in [-0.15, -0.1) is 22.7 Å². The first-order valence-electron chi connectivity index (χ1n) is 18.5. The summed E-state index contributed by atoms with van der Waals surface area (Å²) in [5.41, 5.74) is 7.62. The Hall–Kier alpha value is -6.32. The van der Waals surface area contributed by atoms with Gasteiger partial charge in [-0.3, -0.25) is 0 Å². The van der Waals surface area contributed by atoms with Crippen molar-refractivity contribution in [1.29, 1.82) is 0 Å². The third-order valence-electron chi connectivity index (χ3n) is 11.5. The van der Waals surface area contributed by atoms with Crippen LogP contribution in [0.25, 0.3) is 117 Å². The summed E-state index contributed by atoms with van der Waals surface area (Å²) in [6.07, 6.45) is 0. The molecule has 0 radical (unpaired) electrons. The number of fused-ring (bicyclic) bond motifs is 11. The first kappa shape index (κ1) is 30.2. The van der Waals surface area contributed by atoms with E-state index >= 15 is 0 Å². The molecule has 0 nitrogen and oxygen atoms in total. The molecule has 0 saturated carbocycles. The topological polar surface area (TPSA) is 0 Å². The van der Waals surface area contributed by atoms with Crippen molar-refractivity contribution in [2.24, 2.45) is 0 Å². The number of benzene rings is 10. The lowest BCUT2D eigenvalue weighted by Gasteiger charge is -2.19. The third-order valence-corrected chi connectivity index (χ3v) is 13.8. The van der Waals surface area contributed by atoms with Crippen molar-refractivity contribution < 1.29 is 0 Å². The fourth-order valence-corrected chi connectivity index (χ4v) is 11.4. The van der Waals surface area contributed by atoms with Crippen molar-refractivity contribution in [3.05, 3.63) is 182 Å². The maximum Gasteiger partial charge on any atom is 0.0433 e. The van der Waals surface area contributed by atoms with Gasteiger partial charge < -0.3 is 0 Å². The fraction of sp³-hybridized carbons (Fsp3) is 0. The zero-order chi connectivity index (χ0) is 35.3. The molecule has 12 rings (SSSR count). The van der Waals surface area contributed by atoms with Gasteiger partial charge in [-0.05, 0) is 101 Å². The van der Waals surface area contributed by atoms with Crippen LogP contribution in [0.3, 0.4) is 0 Å². The second-order valence-corrected chi connectivity index (χ2v) is 16.5. The van der Waals surface area contributed by atoms with E-state index in [9.17, 15) is 0 Å². The van der Waals surface area contributed by atoms with Crippen LogP contribution >= 0.6 is 22.7 Å². The Kier molecular flexibility index (Phi) is 6.48. The molecule has 0 aliphatic rings. The second-order valence-electron chi connectivity index (χ2n) is 14.3. The monoisotopic (exact) mass is 718 g/mol. The highest BCUT2D eigenvalue weighted by Crippen LogP contribution is 2.48. The fourth-order valence-electron chi connectivity index (χ4n) is 9.04. The number of rotatable bonds is 3. The van der Waals surface area contributed by atoms with Crippen LogP contribution in [0.5, 0.6) is 0 Å². The highest BCUT2D eigenvalue weighted by Gasteiger charge is 2.20. The molecule has 0 N–H and O–H groups in total. The molecule has 12 aromatic rings. The Bertz CT molecular complexity index is 3430. The molecule has 0 aliphatic heterocycles. The van der Waals surface area contributed by atoms with E-state index in [1.54, 1.807) is 0 Å². The Morgan fingerprint density at radius 3 is 1.52 bits per heavy atom. The highest BCUT2D eigenvalue weighted by atomic mass is 32.1. The average molecular weight is 719 g/mol. The summed E-state index contributed by atoms with van der Waals surface area (Å²) in [4.78, 5) is 0. The van der Waals surface area contributed by atoms with Crippen molar-refractivity contribution in [3.8, 4) is 33.4 Å². The second kappa shape index (κ2) is 11.6. The summed E-state index contributed by atoms with van der Waals surface area (Å²) in [6, 6.07) is 67.8. The van der Waals surface area contributed by atoms with E-state index < -0.39 is 0 Å². The van der Waals surface area contributed by atoms with Crippen LogP contribution in [-0.4, -0.2) is 0 Å². The van der Waals surface area contributed by atoms with Crippen LogP contribution in [0.4, 0.5) is 0 Å². The van der Waals surface area contributed by atoms with Crippen molar-refractivity contribution in [3.63, 3.8) is 0 Å². The highest BCUT2D eigenvalue weighted by molar-refractivity contribution is 7.28. The van der Waals surface area contributed by atoms with Gasteiger partial charge in [-0.2, -0.15) is 0 Å². The lowest BCUT2D eigenvalue weighted by Crippen LogP contribution is -1.92. The maximum absolute atomic E-state index is 2.46. The molecule has 0 amide bonds. The Balaban J connectivity index is 1.10. The van der Waals surface area contributed by atoms with E-state index in [1.165, 1.54) is 117 Å². The van der Waals surface area contributed by atoms with Gasteiger partial charge >= 0.3 is 0 Å². The van der Waals surface area contributed by atoms with Crippen molar-refractivity contribution in [1.82, 2.24) is 0 Å². The maximum atomic E-state index is 2.46. The van der Waals surface area contributed by atoms with Gasteiger partial charge in [-0.25, -0.2) is 0 Å². The zero-order valence-corrected chi connectivity index (χ0v) is 30.8. The van der Waals surface area contributed by atoms with E-state index in [2.05, 4.69) is 182 Å². The van der Waals surface area contributed by atoms with Crippen LogP contribution < -0.4 is 0 Å². The van der Waals surface area contributed by atoms with E-state index in [4.69, 9.17) is 0 Å². The van der Waals surface area contributed by atoms with Gasteiger partial charge in [0.25, 0.3) is 0 Å². The number of hydrogen-bond donors (Lipinski definition) is 0. The standard InChI is InChI=1S/C52H30S2/c1-2-12-31(13-3-1)34-25-26-42(37-17-7-6-16-36(34)37)51-40-20-10-8-18-38(40)50(39-19-9-11-21-41(39)51)33-23-27-47-44(28-33)46-30-49-45(29-48(46)53-47)43-24-22-32-14-4-5-15-35(32)52(43)54-49/h1-30H. The van der Waals surface area contributed by atoms with Crippen molar-refractivity contribution in [2.75, 3.05) is 0 Å². The average Bonchev–Trinajstić information content (AvgIpc) is 3.79. The molecule has 54 heavy (non-hydrogen) atoms. The summed E-state index contributed by atoms with van der Waals surface area (Å²) in [6.45, 7) is 0. The van der Waals surface area contributed by atoms with Crippen LogP contribution in [0, 0.1) is 0 Å². The van der Waals surface area contributed by atoms with E-state index in [0.717, 1.165) is 0 Å². The molecule has 0 aliphatic carbocycles. The van der Waals surface area contributed by atoms with Crippen LogP contribution in [0.15, 0.2) is 182 Å². The minimum atomic E-state index is 1.24. The van der Waals surface area contributed by atoms with E-state index in [0.29, 0.717) is 0 Å². The molecule has 0 bridgehead atoms. The van der Waals surface area contributed by atoms with Gasteiger partial charge in [0.1, 0.15) is 0 Å². The Labute approximate surface area is 319 Å². The largest absolute Gasteiger partial charge is 0.135 e. The molecule has 0 atom stereocenters. The minimum absolute atomic E-state index is 1.24.